The van der Waals surface area contributed by atoms with Gasteiger partial charge in [0.05, 0.1) is 5.25 Å². The number of rotatable bonds is 6. The number of sulfonamides is 1. The molecule has 1 aliphatic carbocycles. The van der Waals surface area contributed by atoms with Crippen molar-refractivity contribution >= 4 is 10.0 Å². The van der Waals surface area contributed by atoms with Gasteiger partial charge in [0.25, 0.3) is 0 Å². The summed E-state index contributed by atoms with van der Waals surface area (Å²) in [5, 5.41) is 2.74. The zero-order valence-electron chi connectivity index (χ0n) is 11.7. The van der Waals surface area contributed by atoms with Gasteiger partial charge >= 0.3 is 0 Å². The highest BCUT2D eigenvalue weighted by atomic mass is 32.2. The van der Waals surface area contributed by atoms with E-state index in [1.165, 1.54) is 19.3 Å². The summed E-state index contributed by atoms with van der Waals surface area (Å²) < 4.78 is 27.2. The first-order valence-corrected chi connectivity index (χ1v) is 8.82. The van der Waals surface area contributed by atoms with E-state index in [4.69, 9.17) is 0 Å². The molecule has 1 unspecified atom stereocenters. The van der Waals surface area contributed by atoms with Crippen LogP contribution >= 0.6 is 0 Å². The second-order valence-electron chi connectivity index (χ2n) is 5.32. The van der Waals surface area contributed by atoms with Gasteiger partial charge in [-0.3, -0.25) is 0 Å². The third kappa shape index (κ3) is 5.67. The average molecular weight is 276 g/mol. The number of nitrogens with one attached hydrogen (secondary N) is 2. The first-order chi connectivity index (χ1) is 8.56. The highest BCUT2D eigenvalue weighted by Crippen LogP contribution is 2.18. The molecule has 4 nitrogen and oxygen atoms in total. The molecule has 0 aromatic heterocycles. The summed E-state index contributed by atoms with van der Waals surface area (Å²) in [6.45, 7) is 5.09. The molecule has 1 rings (SSSR count). The Morgan fingerprint density at radius 2 is 1.67 bits per heavy atom. The Balaban J connectivity index is 2.46. The molecule has 0 saturated heterocycles. The maximum absolute atomic E-state index is 12.2. The van der Waals surface area contributed by atoms with E-state index in [9.17, 15) is 8.42 Å². The largest absolute Gasteiger partial charge is 0.316 e. The van der Waals surface area contributed by atoms with Crippen LogP contribution in [0.25, 0.3) is 0 Å². The summed E-state index contributed by atoms with van der Waals surface area (Å²) in [5.74, 6) is 0. The fourth-order valence-electron chi connectivity index (χ4n) is 2.38. The lowest BCUT2D eigenvalue weighted by Gasteiger charge is -2.23. The van der Waals surface area contributed by atoms with Crippen molar-refractivity contribution in [3.63, 3.8) is 0 Å². The van der Waals surface area contributed by atoms with Crippen molar-refractivity contribution in [2.45, 2.75) is 70.1 Å². The molecule has 0 heterocycles. The van der Waals surface area contributed by atoms with Crippen molar-refractivity contribution in [1.29, 1.82) is 0 Å². The second kappa shape index (κ2) is 8.12. The summed E-state index contributed by atoms with van der Waals surface area (Å²) in [4.78, 5) is 0. The number of hydrogen-bond acceptors (Lipinski definition) is 3. The average Bonchev–Trinajstić information content (AvgIpc) is 2.29. The molecule has 0 bridgehead atoms. The molecular weight excluding hydrogens is 248 g/mol. The van der Waals surface area contributed by atoms with Gasteiger partial charge in [0.2, 0.25) is 10.0 Å². The Hall–Kier alpha value is -0.130. The van der Waals surface area contributed by atoms with Crippen molar-refractivity contribution in [3.8, 4) is 0 Å². The van der Waals surface area contributed by atoms with Crippen molar-refractivity contribution in [2.75, 3.05) is 13.1 Å². The van der Waals surface area contributed by atoms with E-state index in [2.05, 4.69) is 10.0 Å². The minimum absolute atomic E-state index is 0.152. The molecule has 0 aromatic rings. The second-order valence-corrected chi connectivity index (χ2v) is 7.45. The molecule has 5 heteroatoms. The highest BCUT2D eigenvalue weighted by molar-refractivity contribution is 7.90. The molecule has 0 radical (unpaired) electrons. The third-order valence-corrected chi connectivity index (χ3v) is 5.54. The first kappa shape index (κ1) is 15.9. The van der Waals surface area contributed by atoms with Gasteiger partial charge in [-0.1, -0.05) is 39.0 Å². The van der Waals surface area contributed by atoms with Gasteiger partial charge in [0.15, 0.2) is 0 Å². The first-order valence-electron chi connectivity index (χ1n) is 7.28. The van der Waals surface area contributed by atoms with E-state index in [1.807, 2.05) is 6.92 Å². The Labute approximate surface area is 112 Å². The summed E-state index contributed by atoms with van der Waals surface area (Å²) in [6.07, 6.45) is 8.07. The maximum atomic E-state index is 12.2. The Kier molecular flexibility index (Phi) is 7.19. The standard InChI is InChI=1S/C13H28N2O2S/c1-3-14-11-12(2)18(16,17)15-13-9-7-5-4-6-8-10-13/h12-15H,3-11H2,1-2H3. The molecule has 18 heavy (non-hydrogen) atoms. The van der Waals surface area contributed by atoms with Gasteiger partial charge in [-0.15, -0.1) is 0 Å². The van der Waals surface area contributed by atoms with Crippen LogP contribution < -0.4 is 10.0 Å². The van der Waals surface area contributed by atoms with E-state index in [1.54, 1.807) is 6.92 Å². The van der Waals surface area contributed by atoms with Crippen LogP contribution in [0.15, 0.2) is 0 Å². The Morgan fingerprint density at radius 1 is 1.11 bits per heavy atom. The molecule has 1 fully saturated rings. The lowest BCUT2D eigenvalue weighted by Crippen LogP contribution is -2.43. The molecule has 108 valence electrons. The van der Waals surface area contributed by atoms with Crippen LogP contribution in [0.4, 0.5) is 0 Å². The van der Waals surface area contributed by atoms with Crippen LogP contribution in [0.5, 0.6) is 0 Å². The predicted molar refractivity (Wildman–Crippen MR) is 76.2 cm³/mol. The molecule has 0 aliphatic heterocycles. The fourth-order valence-corrected chi connectivity index (χ4v) is 3.65. The van der Waals surface area contributed by atoms with Crippen LogP contribution in [0.1, 0.15) is 58.8 Å². The molecule has 1 aliphatic rings. The zero-order valence-corrected chi connectivity index (χ0v) is 12.6. The molecule has 0 spiro atoms. The van der Waals surface area contributed by atoms with Crippen LogP contribution in [0, 0.1) is 0 Å². The lowest BCUT2D eigenvalue weighted by atomic mass is 9.97. The van der Waals surface area contributed by atoms with E-state index >= 15 is 0 Å². The molecular formula is C13H28N2O2S. The van der Waals surface area contributed by atoms with Gasteiger partial charge < -0.3 is 5.32 Å². The van der Waals surface area contributed by atoms with Crippen molar-refractivity contribution < 1.29 is 8.42 Å². The minimum atomic E-state index is -3.17. The predicted octanol–water partition coefficient (Wildman–Crippen LogP) is 2.02. The smallest absolute Gasteiger partial charge is 0.215 e. The molecule has 0 aromatic carbocycles. The van der Waals surface area contributed by atoms with Gasteiger partial charge in [-0.05, 0) is 26.3 Å². The van der Waals surface area contributed by atoms with E-state index < -0.39 is 10.0 Å². The molecule has 1 atom stereocenters. The van der Waals surface area contributed by atoms with E-state index in [0.717, 1.165) is 32.2 Å². The Morgan fingerprint density at radius 3 is 2.22 bits per heavy atom. The van der Waals surface area contributed by atoms with Crippen LogP contribution in [0.3, 0.4) is 0 Å². The fraction of sp³-hybridized carbons (Fsp3) is 1.00. The maximum Gasteiger partial charge on any atom is 0.215 e. The Bertz CT molecular complexity index is 309. The quantitative estimate of drug-likeness (QED) is 0.780. The van der Waals surface area contributed by atoms with Crippen molar-refractivity contribution in [2.24, 2.45) is 0 Å². The van der Waals surface area contributed by atoms with Crippen molar-refractivity contribution in [1.82, 2.24) is 10.0 Å². The van der Waals surface area contributed by atoms with Gasteiger partial charge in [-0.25, -0.2) is 13.1 Å². The molecule has 0 amide bonds. The summed E-state index contributed by atoms with van der Waals surface area (Å²) >= 11 is 0. The summed E-state index contributed by atoms with van der Waals surface area (Å²) in [6, 6.07) is 0.152. The third-order valence-electron chi connectivity index (χ3n) is 3.65. The number of hydrogen-bond donors (Lipinski definition) is 2. The van der Waals surface area contributed by atoms with Crippen molar-refractivity contribution in [3.05, 3.63) is 0 Å². The van der Waals surface area contributed by atoms with Crippen LogP contribution in [-0.2, 0) is 10.0 Å². The van der Waals surface area contributed by atoms with Gasteiger partial charge in [0, 0.05) is 12.6 Å². The molecule has 1 saturated carbocycles. The minimum Gasteiger partial charge on any atom is -0.316 e. The summed E-state index contributed by atoms with van der Waals surface area (Å²) in [5.41, 5.74) is 0. The van der Waals surface area contributed by atoms with Gasteiger partial charge in [-0.2, -0.15) is 0 Å². The highest BCUT2D eigenvalue weighted by Gasteiger charge is 2.24. The monoisotopic (exact) mass is 276 g/mol. The van der Waals surface area contributed by atoms with Gasteiger partial charge in [0.1, 0.15) is 0 Å². The lowest BCUT2D eigenvalue weighted by molar-refractivity contribution is 0.424. The van der Waals surface area contributed by atoms with E-state index in [-0.39, 0.29) is 11.3 Å². The van der Waals surface area contributed by atoms with Crippen LogP contribution in [0.2, 0.25) is 0 Å². The summed E-state index contributed by atoms with van der Waals surface area (Å²) in [7, 11) is -3.17. The molecule has 2 N–H and O–H groups in total. The topological polar surface area (TPSA) is 58.2 Å². The van der Waals surface area contributed by atoms with E-state index in [0.29, 0.717) is 6.54 Å². The SMILES string of the molecule is CCNCC(C)S(=O)(=O)NC1CCCCCCC1. The zero-order chi connectivity index (χ0) is 13.4. The van der Waals surface area contributed by atoms with Crippen LogP contribution in [-0.4, -0.2) is 32.8 Å². The normalized spacial score (nSPS) is 21.2.